The predicted octanol–water partition coefficient (Wildman–Crippen LogP) is 1.96. The second kappa shape index (κ2) is 4.80. The van der Waals surface area contributed by atoms with Crippen LogP contribution in [0.15, 0.2) is 0 Å². The predicted molar refractivity (Wildman–Crippen MR) is 50.6 cm³/mol. The number of nitrogens with zero attached hydrogens (tertiary/aromatic N) is 1. The van der Waals surface area contributed by atoms with Crippen molar-refractivity contribution in [3.05, 3.63) is 0 Å². The lowest BCUT2D eigenvalue weighted by Gasteiger charge is -2.30. The molecule has 4 heteroatoms. The van der Waals surface area contributed by atoms with E-state index >= 15 is 0 Å². The van der Waals surface area contributed by atoms with E-state index in [0.29, 0.717) is 19.4 Å². The first-order chi connectivity index (χ1) is 6.15. The maximum Gasteiger partial charge on any atom is 0.240 e. The number of piperidine rings is 1. The standard InChI is InChI=1S/C9H15ClFNO/c1-2-8(10)9(13)12-5-3-4-7(11)6-12/h7-8H,2-6H2,1H3/t7-,8-/m0/s1. The van der Waals surface area contributed by atoms with Crippen molar-refractivity contribution in [3.63, 3.8) is 0 Å². The lowest BCUT2D eigenvalue weighted by Crippen LogP contribution is -2.44. The fourth-order valence-electron chi connectivity index (χ4n) is 1.50. The minimum Gasteiger partial charge on any atom is -0.339 e. The minimum absolute atomic E-state index is 0.119. The highest BCUT2D eigenvalue weighted by Crippen LogP contribution is 2.16. The Kier molecular flexibility index (Phi) is 3.97. The summed E-state index contributed by atoms with van der Waals surface area (Å²) in [5.41, 5.74) is 0. The van der Waals surface area contributed by atoms with Crippen molar-refractivity contribution < 1.29 is 9.18 Å². The van der Waals surface area contributed by atoms with Gasteiger partial charge in [0, 0.05) is 6.54 Å². The summed E-state index contributed by atoms with van der Waals surface area (Å²) in [6.07, 6.45) is 1.06. The Bertz CT molecular complexity index is 188. The Morgan fingerprint density at radius 1 is 1.77 bits per heavy atom. The third-order valence-corrected chi connectivity index (χ3v) is 2.80. The molecule has 0 bridgehead atoms. The smallest absolute Gasteiger partial charge is 0.240 e. The Balaban J connectivity index is 2.46. The van der Waals surface area contributed by atoms with Crippen molar-refractivity contribution >= 4 is 17.5 Å². The van der Waals surface area contributed by atoms with Crippen molar-refractivity contribution in [3.8, 4) is 0 Å². The molecule has 1 fully saturated rings. The van der Waals surface area contributed by atoms with E-state index in [0.717, 1.165) is 6.42 Å². The summed E-state index contributed by atoms with van der Waals surface area (Å²) in [6.45, 7) is 2.73. The van der Waals surface area contributed by atoms with Gasteiger partial charge in [0.2, 0.25) is 5.91 Å². The number of halogens is 2. The van der Waals surface area contributed by atoms with Crippen LogP contribution in [0.4, 0.5) is 4.39 Å². The minimum atomic E-state index is -0.863. The first-order valence-electron chi connectivity index (χ1n) is 4.72. The zero-order valence-electron chi connectivity index (χ0n) is 7.80. The van der Waals surface area contributed by atoms with Gasteiger partial charge in [0.25, 0.3) is 0 Å². The number of alkyl halides is 2. The molecule has 0 saturated carbocycles. The van der Waals surface area contributed by atoms with Gasteiger partial charge in [-0.3, -0.25) is 4.79 Å². The van der Waals surface area contributed by atoms with Crippen molar-refractivity contribution in [1.29, 1.82) is 0 Å². The summed E-state index contributed by atoms with van der Waals surface area (Å²) in [5.74, 6) is -0.119. The highest BCUT2D eigenvalue weighted by Gasteiger charge is 2.26. The maximum absolute atomic E-state index is 12.9. The van der Waals surface area contributed by atoms with E-state index in [-0.39, 0.29) is 12.5 Å². The van der Waals surface area contributed by atoms with Gasteiger partial charge >= 0.3 is 0 Å². The van der Waals surface area contributed by atoms with Crippen LogP contribution in [0.25, 0.3) is 0 Å². The van der Waals surface area contributed by atoms with Crippen LogP contribution in [0.5, 0.6) is 0 Å². The molecule has 2 nitrogen and oxygen atoms in total. The molecule has 0 aromatic rings. The monoisotopic (exact) mass is 207 g/mol. The van der Waals surface area contributed by atoms with Gasteiger partial charge < -0.3 is 4.90 Å². The zero-order valence-corrected chi connectivity index (χ0v) is 8.56. The zero-order chi connectivity index (χ0) is 9.84. The molecular formula is C9H15ClFNO. The van der Waals surface area contributed by atoms with Crippen molar-refractivity contribution in [1.82, 2.24) is 4.90 Å². The van der Waals surface area contributed by atoms with Gasteiger partial charge in [0.05, 0.1) is 6.54 Å². The van der Waals surface area contributed by atoms with E-state index in [1.54, 1.807) is 0 Å². The quantitative estimate of drug-likeness (QED) is 0.634. The van der Waals surface area contributed by atoms with Crippen LogP contribution in [0.1, 0.15) is 26.2 Å². The number of carbonyl (C=O) groups excluding carboxylic acids is 1. The van der Waals surface area contributed by atoms with Crippen molar-refractivity contribution in [2.75, 3.05) is 13.1 Å². The molecule has 1 aliphatic rings. The molecule has 1 aliphatic heterocycles. The van der Waals surface area contributed by atoms with Crippen LogP contribution in [0.2, 0.25) is 0 Å². The van der Waals surface area contributed by atoms with Gasteiger partial charge in [-0.1, -0.05) is 6.92 Å². The number of hydrogen-bond donors (Lipinski definition) is 0. The first-order valence-corrected chi connectivity index (χ1v) is 5.15. The molecular weight excluding hydrogens is 193 g/mol. The average molecular weight is 208 g/mol. The van der Waals surface area contributed by atoms with Crippen LogP contribution >= 0.6 is 11.6 Å². The van der Waals surface area contributed by atoms with E-state index in [9.17, 15) is 9.18 Å². The van der Waals surface area contributed by atoms with Crippen LogP contribution in [0.3, 0.4) is 0 Å². The normalized spacial score (nSPS) is 25.8. The molecule has 1 saturated heterocycles. The maximum atomic E-state index is 12.9. The van der Waals surface area contributed by atoms with Crippen LogP contribution in [-0.4, -0.2) is 35.4 Å². The summed E-state index contributed by atoms with van der Waals surface area (Å²) in [7, 11) is 0. The molecule has 0 aromatic heterocycles. The third kappa shape index (κ3) is 2.83. The Morgan fingerprint density at radius 2 is 2.46 bits per heavy atom. The van der Waals surface area contributed by atoms with E-state index < -0.39 is 11.5 Å². The third-order valence-electron chi connectivity index (χ3n) is 2.30. The molecule has 0 N–H and O–H groups in total. The number of likely N-dealkylation sites (tertiary alicyclic amines) is 1. The molecule has 2 atom stereocenters. The fraction of sp³-hybridized carbons (Fsp3) is 0.889. The summed E-state index contributed by atoms with van der Waals surface area (Å²) in [5, 5.41) is -0.481. The molecule has 1 amide bonds. The molecule has 1 heterocycles. The molecule has 76 valence electrons. The lowest BCUT2D eigenvalue weighted by molar-refractivity contribution is -0.132. The van der Waals surface area contributed by atoms with Crippen LogP contribution in [0, 0.1) is 0 Å². The fourth-order valence-corrected chi connectivity index (χ4v) is 1.64. The molecule has 0 unspecified atom stereocenters. The Hall–Kier alpha value is -0.310. The van der Waals surface area contributed by atoms with E-state index in [1.807, 2.05) is 6.92 Å². The molecule has 13 heavy (non-hydrogen) atoms. The van der Waals surface area contributed by atoms with Crippen molar-refractivity contribution in [2.24, 2.45) is 0 Å². The average Bonchev–Trinajstić information content (AvgIpc) is 2.15. The summed E-state index contributed by atoms with van der Waals surface area (Å²) < 4.78 is 12.9. The van der Waals surface area contributed by atoms with Gasteiger partial charge in [-0.05, 0) is 19.3 Å². The van der Waals surface area contributed by atoms with Crippen LogP contribution in [-0.2, 0) is 4.79 Å². The first kappa shape index (κ1) is 10.8. The molecule has 1 rings (SSSR count). The summed E-state index contributed by atoms with van der Waals surface area (Å²) in [4.78, 5) is 13.0. The van der Waals surface area contributed by atoms with Crippen LogP contribution < -0.4 is 0 Å². The van der Waals surface area contributed by atoms with Gasteiger partial charge in [-0.25, -0.2) is 4.39 Å². The van der Waals surface area contributed by atoms with E-state index in [1.165, 1.54) is 4.90 Å². The SMILES string of the molecule is CC[C@H](Cl)C(=O)N1CCC[C@H](F)C1. The van der Waals surface area contributed by atoms with Gasteiger partial charge in [-0.2, -0.15) is 0 Å². The van der Waals surface area contributed by atoms with Gasteiger partial charge in [0.1, 0.15) is 11.5 Å². The van der Waals surface area contributed by atoms with E-state index in [4.69, 9.17) is 11.6 Å². The number of carbonyl (C=O) groups is 1. The van der Waals surface area contributed by atoms with Gasteiger partial charge in [-0.15, -0.1) is 11.6 Å². The molecule has 0 aromatic carbocycles. The highest BCUT2D eigenvalue weighted by atomic mass is 35.5. The van der Waals surface area contributed by atoms with Gasteiger partial charge in [0.15, 0.2) is 0 Å². The number of hydrogen-bond acceptors (Lipinski definition) is 1. The largest absolute Gasteiger partial charge is 0.339 e. The summed E-state index contributed by atoms with van der Waals surface area (Å²) >= 11 is 5.78. The Morgan fingerprint density at radius 3 is 3.00 bits per heavy atom. The number of rotatable bonds is 2. The molecule has 0 aliphatic carbocycles. The van der Waals surface area contributed by atoms with Crippen molar-refractivity contribution in [2.45, 2.75) is 37.7 Å². The highest BCUT2D eigenvalue weighted by molar-refractivity contribution is 6.30. The summed E-state index contributed by atoms with van der Waals surface area (Å²) in [6, 6.07) is 0. The molecule has 0 radical (unpaired) electrons. The number of amides is 1. The molecule has 0 spiro atoms. The second-order valence-electron chi connectivity index (χ2n) is 3.40. The topological polar surface area (TPSA) is 20.3 Å². The van der Waals surface area contributed by atoms with E-state index in [2.05, 4.69) is 0 Å². The lowest BCUT2D eigenvalue weighted by atomic mass is 10.1. The Labute approximate surface area is 83.0 Å². The second-order valence-corrected chi connectivity index (χ2v) is 3.93.